The van der Waals surface area contributed by atoms with Crippen LogP contribution in [0.5, 0.6) is 0 Å². The van der Waals surface area contributed by atoms with Gasteiger partial charge in [-0.25, -0.2) is 4.39 Å². The lowest BCUT2D eigenvalue weighted by atomic mass is 10.2. The predicted molar refractivity (Wildman–Crippen MR) is 64.6 cm³/mol. The third-order valence-corrected chi connectivity index (χ3v) is 2.26. The highest BCUT2D eigenvalue weighted by molar-refractivity contribution is 5.77. The number of amides is 1. The van der Waals surface area contributed by atoms with Crippen LogP contribution in [0.1, 0.15) is 5.56 Å². The molecule has 0 bridgehead atoms. The molecule has 0 radical (unpaired) electrons. The SMILES string of the molecule is C#CCNCC(=O)N(C)Cc1ccc(F)cc1. The molecule has 17 heavy (non-hydrogen) atoms. The van der Waals surface area contributed by atoms with E-state index >= 15 is 0 Å². The summed E-state index contributed by atoms with van der Waals surface area (Å²) in [5, 5.41) is 2.82. The molecular weight excluding hydrogens is 219 g/mol. The molecule has 0 aliphatic rings. The maximum absolute atomic E-state index is 12.7. The van der Waals surface area contributed by atoms with Crippen LogP contribution < -0.4 is 5.32 Å². The molecule has 1 N–H and O–H groups in total. The van der Waals surface area contributed by atoms with Crippen molar-refractivity contribution in [3.05, 3.63) is 35.6 Å². The van der Waals surface area contributed by atoms with E-state index in [0.29, 0.717) is 13.1 Å². The lowest BCUT2D eigenvalue weighted by Crippen LogP contribution is -2.35. The first-order valence-corrected chi connectivity index (χ1v) is 5.26. The molecule has 0 aliphatic carbocycles. The summed E-state index contributed by atoms with van der Waals surface area (Å²) in [6.45, 7) is 1.04. The Morgan fingerprint density at radius 1 is 1.47 bits per heavy atom. The summed E-state index contributed by atoms with van der Waals surface area (Å²) in [6.07, 6.45) is 5.06. The van der Waals surface area contributed by atoms with Gasteiger partial charge in [-0.05, 0) is 17.7 Å². The van der Waals surface area contributed by atoms with Crippen molar-refractivity contribution in [2.24, 2.45) is 0 Å². The van der Waals surface area contributed by atoms with Crippen molar-refractivity contribution in [1.82, 2.24) is 10.2 Å². The molecule has 4 heteroatoms. The molecule has 0 unspecified atom stereocenters. The molecule has 0 heterocycles. The number of halogens is 1. The number of rotatable bonds is 5. The van der Waals surface area contributed by atoms with E-state index in [1.807, 2.05) is 0 Å². The Labute approximate surface area is 101 Å². The van der Waals surface area contributed by atoms with Crippen LogP contribution in [0.15, 0.2) is 24.3 Å². The maximum Gasteiger partial charge on any atom is 0.236 e. The van der Waals surface area contributed by atoms with Crippen LogP contribution in [0.4, 0.5) is 4.39 Å². The standard InChI is InChI=1S/C13H15FN2O/c1-3-8-15-9-13(17)16(2)10-11-4-6-12(14)7-5-11/h1,4-7,15H,8-10H2,2H3. The van der Waals surface area contributed by atoms with Gasteiger partial charge in [0.05, 0.1) is 13.1 Å². The summed E-state index contributed by atoms with van der Waals surface area (Å²) >= 11 is 0. The predicted octanol–water partition coefficient (Wildman–Crippen LogP) is 1.01. The van der Waals surface area contributed by atoms with Crippen LogP contribution in [0, 0.1) is 18.2 Å². The molecule has 0 saturated heterocycles. The average molecular weight is 234 g/mol. The first kappa shape index (κ1) is 13.2. The second-order valence-corrected chi connectivity index (χ2v) is 3.68. The molecule has 3 nitrogen and oxygen atoms in total. The van der Waals surface area contributed by atoms with E-state index in [9.17, 15) is 9.18 Å². The number of carbonyl (C=O) groups is 1. The Balaban J connectivity index is 2.43. The molecular formula is C13H15FN2O. The van der Waals surface area contributed by atoms with Crippen LogP contribution in [-0.2, 0) is 11.3 Å². The summed E-state index contributed by atoms with van der Waals surface area (Å²) in [7, 11) is 1.70. The molecule has 0 saturated carbocycles. The van der Waals surface area contributed by atoms with Crippen molar-refractivity contribution < 1.29 is 9.18 Å². The molecule has 0 spiro atoms. The van der Waals surface area contributed by atoms with E-state index in [1.165, 1.54) is 12.1 Å². The van der Waals surface area contributed by atoms with Gasteiger partial charge in [0.25, 0.3) is 0 Å². The molecule has 0 atom stereocenters. The first-order valence-electron chi connectivity index (χ1n) is 5.26. The zero-order valence-electron chi connectivity index (χ0n) is 9.74. The van der Waals surface area contributed by atoms with Crippen molar-refractivity contribution in [2.75, 3.05) is 20.1 Å². The zero-order chi connectivity index (χ0) is 12.7. The lowest BCUT2D eigenvalue weighted by molar-refractivity contribution is -0.129. The van der Waals surface area contributed by atoms with Gasteiger partial charge in [0.1, 0.15) is 5.82 Å². The number of carbonyl (C=O) groups excluding carboxylic acids is 1. The van der Waals surface area contributed by atoms with E-state index < -0.39 is 0 Å². The molecule has 0 fully saturated rings. The number of nitrogens with zero attached hydrogens (tertiary/aromatic N) is 1. The van der Waals surface area contributed by atoms with Gasteiger partial charge >= 0.3 is 0 Å². The van der Waals surface area contributed by atoms with Crippen LogP contribution in [0.3, 0.4) is 0 Å². The minimum absolute atomic E-state index is 0.0513. The van der Waals surface area contributed by atoms with E-state index in [2.05, 4.69) is 11.2 Å². The molecule has 1 rings (SSSR count). The number of nitrogens with one attached hydrogen (secondary N) is 1. The second-order valence-electron chi connectivity index (χ2n) is 3.68. The Morgan fingerprint density at radius 3 is 2.71 bits per heavy atom. The van der Waals surface area contributed by atoms with Gasteiger partial charge in [-0.3, -0.25) is 10.1 Å². The van der Waals surface area contributed by atoms with Gasteiger partial charge in [-0.15, -0.1) is 6.42 Å². The number of likely N-dealkylation sites (N-methyl/N-ethyl adjacent to an activating group) is 1. The Bertz CT molecular complexity index is 408. The number of hydrogen-bond acceptors (Lipinski definition) is 2. The van der Waals surface area contributed by atoms with Gasteiger partial charge in [-0.2, -0.15) is 0 Å². The van der Waals surface area contributed by atoms with Crippen molar-refractivity contribution >= 4 is 5.91 Å². The highest BCUT2D eigenvalue weighted by atomic mass is 19.1. The van der Waals surface area contributed by atoms with Crippen molar-refractivity contribution in [1.29, 1.82) is 0 Å². The van der Waals surface area contributed by atoms with Crippen LogP contribution >= 0.6 is 0 Å². The minimum atomic E-state index is -0.279. The molecule has 0 aromatic heterocycles. The summed E-state index contributed by atoms with van der Waals surface area (Å²) in [4.78, 5) is 13.2. The van der Waals surface area contributed by atoms with E-state index in [1.54, 1.807) is 24.1 Å². The van der Waals surface area contributed by atoms with E-state index in [0.717, 1.165) is 5.56 Å². The minimum Gasteiger partial charge on any atom is -0.340 e. The molecule has 0 aliphatic heterocycles. The molecule has 1 amide bonds. The Kier molecular flexibility index (Phi) is 5.18. The number of terminal acetylenes is 1. The van der Waals surface area contributed by atoms with Crippen LogP contribution in [0.25, 0.3) is 0 Å². The fourth-order valence-electron chi connectivity index (χ4n) is 1.33. The van der Waals surface area contributed by atoms with Gasteiger partial charge < -0.3 is 4.90 Å². The summed E-state index contributed by atoms with van der Waals surface area (Å²) in [5.74, 6) is 2.06. The Morgan fingerprint density at radius 2 is 2.12 bits per heavy atom. The van der Waals surface area contributed by atoms with Gasteiger partial charge in [0, 0.05) is 13.6 Å². The zero-order valence-corrected chi connectivity index (χ0v) is 9.74. The fourth-order valence-corrected chi connectivity index (χ4v) is 1.33. The smallest absolute Gasteiger partial charge is 0.236 e. The van der Waals surface area contributed by atoms with Crippen molar-refractivity contribution in [2.45, 2.75) is 6.54 Å². The summed E-state index contributed by atoms with van der Waals surface area (Å²) < 4.78 is 12.7. The van der Waals surface area contributed by atoms with Crippen molar-refractivity contribution in [3.63, 3.8) is 0 Å². The molecule has 1 aromatic carbocycles. The van der Waals surface area contributed by atoms with Gasteiger partial charge in [0.2, 0.25) is 5.91 Å². The third-order valence-electron chi connectivity index (χ3n) is 2.26. The quantitative estimate of drug-likeness (QED) is 0.609. The maximum atomic E-state index is 12.7. The summed E-state index contributed by atoms with van der Waals surface area (Å²) in [5.41, 5.74) is 0.888. The van der Waals surface area contributed by atoms with Gasteiger partial charge in [0.15, 0.2) is 0 Å². The van der Waals surface area contributed by atoms with E-state index in [-0.39, 0.29) is 18.3 Å². The van der Waals surface area contributed by atoms with Crippen LogP contribution in [0.2, 0.25) is 0 Å². The third kappa shape index (κ3) is 4.66. The van der Waals surface area contributed by atoms with E-state index in [4.69, 9.17) is 6.42 Å². The topological polar surface area (TPSA) is 32.3 Å². The highest BCUT2D eigenvalue weighted by Crippen LogP contribution is 2.05. The van der Waals surface area contributed by atoms with Crippen molar-refractivity contribution in [3.8, 4) is 12.3 Å². The lowest BCUT2D eigenvalue weighted by Gasteiger charge is -2.17. The molecule has 1 aromatic rings. The monoisotopic (exact) mass is 234 g/mol. The largest absolute Gasteiger partial charge is 0.340 e. The Hall–Kier alpha value is -1.86. The normalized spacial score (nSPS) is 9.71. The fraction of sp³-hybridized carbons (Fsp3) is 0.308. The van der Waals surface area contributed by atoms with Gasteiger partial charge in [-0.1, -0.05) is 18.1 Å². The first-order chi connectivity index (χ1) is 8.13. The number of benzene rings is 1. The number of hydrogen-bond donors (Lipinski definition) is 1. The molecule has 90 valence electrons. The average Bonchev–Trinajstić information content (AvgIpc) is 2.32. The van der Waals surface area contributed by atoms with Crippen LogP contribution in [-0.4, -0.2) is 30.9 Å². The summed E-state index contributed by atoms with van der Waals surface area (Å²) in [6, 6.07) is 6.08. The second kappa shape index (κ2) is 6.66. The highest BCUT2D eigenvalue weighted by Gasteiger charge is 2.08.